The number of fused-ring (bicyclic) bond motifs is 3. The molecule has 0 amide bonds. The molecule has 0 unspecified atom stereocenters. The number of hydrogen-bond donors (Lipinski definition) is 1. The van der Waals surface area contributed by atoms with E-state index in [-0.39, 0.29) is 6.10 Å². The molecule has 5 heteroatoms. The van der Waals surface area contributed by atoms with Gasteiger partial charge in [0.25, 0.3) is 0 Å². The molecule has 0 bridgehead atoms. The lowest BCUT2D eigenvalue weighted by Gasteiger charge is -2.47. The highest BCUT2D eigenvalue weighted by Crippen LogP contribution is 2.48. The van der Waals surface area contributed by atoms with Gasteiger partial charge in [0.15, 0.2) is 0 Å². The minimum Gasteiger partial charge on any atom is -0.457 e. The van der Waals surface area contributed by atoms with Crippen LogP contribution in [0.5, 0.6) is 11.5 Å². The Morgan fingerprint density at radius 1 is 0.862 bits per heavy atom. The minimum absolute atomic E-state index is 0.157. The Hall–Kier alpha value is -1.42. The van der Waals surface area contributed by atoms with Gasteiger partial charge in [-0.15, -0.1) is 0 Å². The normalized spacial score (nSPS) is 26.9. The van der Waals surface area contributed by atoms with E-state index in [1.807, 2.05) is 12.1 Å². The molecule has 2 aromatic rings. The first-order valence-corrected chi connectivity index (χ1v) is 11.6. The number of nitrogens with one attached hydrogen (secondary N) is 1. The molecule has 154 valence electrons. The fourth-order valence-corrected chi connectivity index (χ4v) is 5.68. The fraction of sp³-hybridized carbons (Fsp3) is 0.500. The molecule has 2 heterocycles. The summed E-state index contributed by atoms with van der Waals surface area (Å²) in [5.74, 6) is 2.79. The zero-order valence-corrected chi connectivity index (χ0v) is 18.0. The lowest BCUT2D eigenvalue weighted by Crippen LogP contribution is -2.46. The second kappa shape index (κ2) is 8.37. The second-order valence-electron chi connectivity index (χ2n) is 8.59. The maximum Gasteiger partial charge on any atom is 0.129 e. The molecule has 0 radical (unpaired) electrons. The van der Waals surface area contributed by atoms with Crippen LogP contribution in [-0.2, 0) is 4.74 Å². The first-order valence-electron chi connectivity index (χ1n) is 10.8. The van der Waals surface area contributed by atoms with Crippen LogP contribution in [0, 0.1) is 11.8 Å². The van der Waals surface area contributed by atoms with E-state index < -0.39 is 0 Å². The molecule has 2 fully saturated rings. The van der Waals surface area contributed by atoms with E-state index in [1.54, 1.807) is 12.1 Å². The summed E-state index contributed by atoms with van der Waals surface area (Å²) in [5, 5.41) is 4.92. The molecule has 0 spiro atoms. The molecule has 29 heavy (non-hydrogen) atoms. The summed E-state index contributed by atoms with van der Waals surface area (Å²) in [4.78, 5) is 0. The predicted octanol–water partition coefficient (Wildman–Crippen LogP) is 7.63. The SMILES string of the molecule is Clc1ccc(Oc2ccc3c(c2)[C@H]2OCCC[C@H]2[C@@H](C2CCCCC2)N3)cc1Cl. The molecule has 3 atom stereocenters. The van der Waals surface area contributed by atoms with E-state index in [0.717, 1.165) is 24.7 Å². The molecular formula is C24H27Cl2NO2. The summed E-state index contributed by atoms with van der Waals surface area (Å²) in [7, 11) is 0. The van der Waals surface area contributed by atoms with Crippen molar-refractivity contribution in [1.29, 1.82) is 0 Å². The average Bonchev–Trinajstić information content (AvgIpc) is 2.76. The summed E-state index contributed by atoms with van der Waals surface area (Å²) in [6.45, 7) is 0.843. The Bertz CT molecular complexity index is 881. The highest BCUT2D eigenvalue weighted by molar-refractivity contribution is 6.42. The Morgan fingerprint density at radius 3 is 2.48 bits per heavy atom. The first kappa shape index (κ1) is 19.5. The number of rotatable bonds is 3. The number of benzene rings is 2. The van der Waals surface area contributed by atoms with Crippen molar-refractivity contribution in [3.05, 3.63) is 52.0 Å². The monoisotopic (exact) mass is 431 g/mol. The fourth-order valence-electron chi connectivity index (χ4n) is 5.39. The molecule has 1 N–H and O–H groups in total. The number of hydrogen-bond acceptors (Lipinski definition) is 3. The van der Waals surface area contributed by atoms with Crippen LogP contribution in [0.25, 0.3) is 0 Å². The van der Waals surface area contributed by atoms with Gasteiger partial charge in [0.2, 0.25) is 0 Å². The predicted molar refractivity (Wildman–Crippen MR) is 118 cm³/mol. The van der Waals surface area contributed by atoms with Gasteiger partial charge in [-0.2, -0.15) is 0 Å². The van der Waals surface area contributed by atoms with E-state index in [0.29, 0.717) is 27.8 Å². The molecule has 2 aromatic carbocycles. The molecule has 2 aliphatic heterocycles. The van der Waals surface area contributed by atoms with Gasteiger partial charge in [0, 0.05) is 35.9 Å². The molecule has 1 aliphatic carbocycles. The molecule has 3 aliphatic rings. The lowest BCUT2D eigenvalue weighted by molar-refractivity contribution is -0.0458. The van der Waals surface area contributed by atoms with E-state index in [1.165, 1.54) is 49.8 Å². The van der Waals surface area contributed by atoms with Crippen molar-refractivity contribution in [2.24, 2.45) is 11.8 Å². The van der Waals surface area contributed by atoms with Gasteiger partial charge in [-0.05, 0) is 61.9 Å². The van der Waals surface area contributed by atoms with Crippen LogP contribution in [0.1, 0.15) is 56.6 Å². The molecule has 5 rings (SSSR count). The van der Waals surface area contributed by atoms with Gasteiger partial charge in [-0.1, -0.05) is 42.5 Å². The van der Waals surface area contributed by atoms with Crippen LogP contribution in [0.3, 0.4) is 0 Å². The van der Waals surface area contributed by atoms with E-state index in [4.69, 9.17) is 32.7 Å². The van der Waals surface area contributed by atoms with Crippen LogP contribution < -0.4 is 10.1 Å². The average molecular weight is 432 g/mol. The Labute approximate surface area is 182 Å². The second-order valence-corrected chi connectivity index (χ2v) is 9.41. The van der Waals surface area contributed by atoms with Gasteiger partial charge in [-0.25, -0.2) is 0 Å². The highest BCUT2D eigenvalue weighted by Gasteiger charge is 2.42. The maximum atomic E-state index is 6.34. The van der Waals surface area contributed by atoms with Crippen LogP contribution in [0.15, 0.2) is 36.4 Å². The quantitative estimate of drug-likeness (QED) is 0.541. The van der Waals surface area contributed by atoms with Crippen molar-refractivity contribution >= 4 is 28.9 Å². The van der Waals surface area contributed by atoms with Crippen LogP contribution in [-0.4, -0.2) is 12.6 Å². The summed E-state index contributed by atoms with van der Waals surface area (Å²) in [5.41, 5.74) is 2.42. The maximum absolute atomic E-state index is 6.34. The van der Waals surface area contributed by atoms with Crippen LogP contribution in [0.4, 0.5) is 5.69 Å². The van der Waals surface area contributed by atoms with Crippen molar-refractivity contribution in [2.75, 3.05) is 11.9 Å². The molecule has 0 aromatic heterocycles. The summed E-state index contributed by atoms with van der Waals surface area (Å²) in [6, 6.07) is 12.2. The molecular weight excluding hydrogens is 405 g/mol. The van der Waals surface area contributed by atoms with Crippen LogP contribution >= 0.6 is 23.2 Å². The van der Waals surface area contributed by atoms with E-state index in [2.05, 4.69) is 17.4 Å². The Kier molecular flexibility index (Phi) is 5.64. The zero-order valence-electron chi connectivity index (χ0n) is 16.5. The summed E-state index contributed by atoms with van der Waals surface area (Å²) < 4.78 is 12.4. The van der Waals surface area contributed by atoms with E-state index in [9.17, 15) is 0 Å². The van der Waals surface area contributed by atoms with Crippen LogP contribution in [0.2, 0.25) is 10.0 Å². The number of halogens is 2. The third-order valence-corrected chi connectivity index (χ3v) is 7.50. The summed E-state index contributed by atoms with van der Waals surface area (Å²) in [6.07, 6.45) is 9.35. The molecule has 1 saturated heterocycles. The van der Waals surface area contributed by atoms with Gasteiger partial charge in [0.05, 0.1) is 16.1 Å². The third-order valence-electron chi connectivity index (χ3n) is 6.77. The van der Waals surface area contributed by atoms with Gasteiger partial charge in [-0.3, -0.25) is 0 Å². The van der Waals surface area contributed by atoms with Crippen molar-refractivity contribution in [1.82, 2.24) is 0 Å². The van der Waals surface area contributed by atoms with Gasteiger partial charge >= 0.3 is 0 Å². The summed E-state index contributed by atoms with van der Waals surface area (Å²) >= 11 is 12.2. The number of anilines is 1. The van der Waals surface area contributed by atoms with Crippen molar-refractivity contribution in [2.45, 2.75) is 57.1 Å². The Morgan fingerprint density at radius 2 is 1.66 bits per heavy atom. The van der Waals surface area contributed by atoms with Crippen molar-refractivity contribution in [3.8, 4) is 11.5 Å². The van der Waals surface area contributed by atoms with E-state index >= 15 is 0 Å². The lowest BCUT2D eigenvalue weighted by atomic mass is 9.71. The smallest absolute Gasteiger partial charge is 0.129 e. The van der Waals surface area contributed by atoms with Gasteiger partial charge in [0.1, 0.15) is 11.5 Å². The topological polar surface area (TPSA) is 30.5 Å². The van der Waals surface area contributed by atoms with Crippen molar-refractivity contribution < 1.29 is 9.47 Å². The Balaban J connectivity index is 1.43. The third kappa shape index (κ3) is 3.97. The first-order chi connectivity index (χ1) is 14.2. The zero-order chi connectivity index (χ0) is 19.8. The largest absolute Gasteiger partial charge is 0.457 e. The standard InChI is InChI=1S/C24H27Cl2NO2/c25-20-10-8-17(14-21(20)26)29-16-9-11-22-19(13-16)24-18(7-4-12-28-24)23(27-22)15-5-2-1-3-6-15/h8-11,13-15,18,23-24,27H,1-7,12H2/t18-,23+,24-/m0/s1. The minimum atomic E-state index is 0.157. The van der Waals surface area contributed by atoms with Crippen molar-refractivity contribution in [3.63, 3.8) is 0 Å². The molecule has 1 saturated carbocycles. The number of ether oxygens (including phenoxy) is 2. The molecule has 3 nitrogen and oxygen atoms in total. The van der Waals surface area contributed by atoms with Gasteiger partial charge < -0.3 is 14.8 Å². The highest BCUT2D eigenvalue weighted by atomic mass is 35.5.